The van der Waals surface area contributed by atoms with Gasteiger partial charge in [-0.3, -0.25) is 9.36 Å². The second kappa shape index (κ2) is 6.75. The molecule has 0 spiro atoms. The number of rotatable bonds is 1. The van der Waals surface area contributed by atoms with Crippen molar-refractivity contribution >= 4 is 33.2 Å². The van der Waals surface area contributed by atoms with E-state index in [9.17, 15) is 4.79 Å². The molecule has 27 heavy (non-hydrogen) atoms. The van der Waals surface area contributed by atoms with Crippen LogP contribution < -0.4 is 5.56 Å². The van der Waals surface area contributed by atoms with Crippen LogP contribution in [0, 0.1) is 6.92 Å². The smallest absolute Gasteiger partial charge is 0.262 e. The zero-order valence-corrected chi connectivity index (χ0v) is 16.6. The van der Waals surface area contributed by atoms with E-state index in [2.05, 4.69) is 37.3 Å². The minimum absolute atomic E-state index is 0.187. The normalized spacial score (nSPS) is 18.3. The third kappa shape index (κ3) is 2.96. The van der Waals surface area contributed by atoms with E-state index in [1.54, 1.807) is 11.3 Å². The quantitative estimate of drug-likeness (QED) is 0.572. The SMILES string of the molecule is Cc1cccc(C=C2CCCCn3c2nc2sc4c(c2c3=O)CCCC4)c1. The molecule has 1 aromatic carbocycles. The minimum Gasteiger partial charge on any atom is -0.292 e. The van der Waals surface area contributed by atoms with E-state index in [0.29, 0.717) is 0 Å². The van der Waals surface area contributed by atoms with Crippen LogP contribution in [-0.2, 0) is 19.4 Å². The van der Waals surface area contributed by atoms with E-state index in [1.807, 2.05) is 4.57 Å². The highest BCUT2D eigenvalue weighted by Gasteiger charge is 2.24. The first kappa shape index (κ1) is 16.9. The Morgan fingerprint density at radius 1 is 1.11 bits per heavy atom. The van der Waals surface area contributed by atoms with Gasteiger partial charge in [-0.15, -0.1) is 11.3 Å². The Labute approximate surface area is 163 Å². The van der Waals surface area contributed by atoms with Crippen molar-refractivity contribution in [3.8, 4) is 0 Å². The van der Waals surface area contributed by atoms with E-state index < -0.39 is 0 Å². The summed E-state index contributed by atoms with van der Waals surface area (Å²) >= 11 is 1.75. The number of hydrogen-bond acceptors (Lipinski definition) is 3. The average molecular weight is 377 g/mol. The van der Waals surface area contributed by atoms with Crippen molar-refractivity contribution in [2.75, 3.05) is 0 Å². The number of hydrogen-bond donors (Lipinski definition) is 0. The van der Waals surface area contributed by atoms with E-state index in [-0.39, 0.29) is 5.56 Å². The van der Waals surface area contributed by atoms with Crippen LogP contribution in [0.25, 0.3) is 21.9 Å². The standard InChI is InChI=1S/C23H24N2OS/c1-15-7-6-8-16(13-15)14-17-9-4-5-12-25-21(17)24-22-20(23(25)26)18-10-2-3-11-19(18)27-22/h6-8,13-14H,2-5,9-12H2,1H3. The average Bonchev–Trinajstić information content (AvgIpc) is 2.92. The lowest BCUT2D eigenvalue weighted by Crippen LogP contribution is -2.24. The molecule has 0 saturated heterocycles. The summed E-state index contributed by atoms with van der Waals surface area (Å²) in [6.45, 7) is 2.90. The van der Waals surface area contributed by atoms with Gasteiger partial charge in [-0.25, -0.2) is 4.98 Å². The Bertz CT molecular complexity index is 1120. The second-order valence-corrected chi connectivity index (χ2v) is 8.91. The van der Waals surface area contributed by atoms with Gasteiger partial charge in [-0.05, 0) is 74.6 Å². The first-order valence-electron chi connectivity index (χ1n) is 10.0. The zero-order valence-electron chi connectivity index (χ0n) is 15.8. The third-order valence-electron chi connectivity index (χ3n) is 5.82. The molecule has 0 atom stereocenters. The van der Waals surface area contributed by atoms with Gasteiger partial charge in [-0.2, -0.15) is 0 Å². The largest absolute Gasteiger partial charge is 0.292 e. The summed E-state index contributed by atoms with van der Waals surface area (Å²) in [5.74, 6) is 0.894. The van der Waals surface area contributed by atoms with Crippen molar-refractivity contribution in [1.29, 1.82) is 0 Å². The number of thiophene rings is 1. The summed E-state index contributed by atoms with van der Waals surface area (Å²) < 4.78 is 1.96. The van der Waals surface area contributed by atoms with Crippen LogP contribution in [0.4, 0.5) is 0 Å². The van der Waals surface area contributed by atoms with Gasteiger partial charge < -0.3 is 0 Å². The van der Waals surface area contributed by atoms with Gasteiger partial charge in [-0.1, -0.05) is 29.8 Å². The maximum absolute atomic E-state index is 13.4. The zero-order chi connectivity index (χ0) is 18.4. The number of nitrogens with zero attached hydrogens (tertiary/aromatic N) is 2. The Morgan fingerprint density at radius 2 is 1.96 bits per heavy atom. The van der Waals surface area contributed by atoms with Gasteiger partial charge in [0.1, 0.15) is 10.7 Å². The minimum atomic E-state index is 0.187. The highest BCUT2D eigenvalue weighted by atomic mass is 32.1. The van der Waals surface area contributed by atoms with Gasteiger partial charge >= 0.3 is 0 Å². The lowest BCUT2D eigenvalue weighted by molar-refractivity contribution is 0.613. The van der Waals surface area contributed by atoms with Crippen LogP contribution in [0.5, 0.6) is 0 Å². The summed E-state index contributed by atoms with van der Waals surface area (Å²) in [6, 6.07) is 8.54. The summed E-state index contributed by atoms with van der Waals surface area (Å²) in [4.78, 5) is 20.8. The molecule has 3 nitrogen and oxygen atoms in total. The molecule has 0 unspecified atom stereocenters. The van der Waals surface area contributed by atoms with Crippen molar-refractivity contribution in [1.82, 2.24) is 9.55 Å². The molecule has 0 bridgehead atoms. The number of allylic oxidation sites excluding steroid dienone is 1. The predicted molar refractivity (Wildman–Crippen MR) is 113 cm³/mol. The molecule has 0 amide bonds. The molecule has 0 radical (unpaired) electrons. The monoisotopic (exact) mass is 376 g/mol. The lowest BCUT2D eigenvalue weighted by atomic mass is 9.97. The fourth-order valence-electron chi connectivity index (χ4n) is 4.49. The molecule has 0 N–H and O–H groups in total. The molecule has 3 heterocycles. The Kier molecular flexibility index (Phi) is 4.24. The second-order valence-electron chi connectivity index (χ2n) is 7.82. The van der Waals surface area contributed by atoms with Crippen LogP contribution in [0.2, 0.25) is 0 Å². The molecule has 1 aliphatic carbocycles. The van der Waals surface area contributed by atoms with Gasteiger partial charge in [0.25, 0.3) is 5.56 Å². The molecule has 4 heteroatoms. The Hall–Kier alpha value is -2.20. The van der Waals surface area contributed by atoms with E-state index in [1.165, 1.54) is 40.0 Å². The first-order valence-corrected chi connectivity index (χ1v) is 10.8. The maximum Gasteiger partial charge on any atom is 0.262 e. The van der Waals surface area contributed by atoms with Crippen molar-refractivity contribution in [3.05, 3.63) is 62.0 Å². The Balaban J connectivity index is 1.73. The number of benzene rings is 1. The predicted octanol–water partition coefficient (Wildman–Crippen LogP) is 5.37. The topological polar surface area (TPSA) is 34.9 Å². The van der Waals surface area contributed by atoms with Gasteiger partial charge in [0, 0.05) is 11.4 Å². The van der Waals surface area contributed by atoms with Crippen LogP contribution in [0.15, 0.2) is 29.1 Å². The Morgan fingerprint density at radius 3 is 2.85 bits per heavy atom. The highest BCUT2D eigenvalue weighted by molar-refractivity contribution is 7.18. The van der Waals surface area contributed by atoms with Crippen LogP contribution in [-0.4, -0.2) is 9.55 Å². The van der Waals surface area contributed by atoms with Crippen LogP contribution in [0.3, 0.4) is 0 Å². The summed E-state index contributed by atoms with van der Waals surface area (Å²) in [5, 5.41) is 0.912. The van der Waals surface area contributed by atoms with Crippen molar-refractivity contribution in [2.24, 2.45) is 0 Å². The number of fused-ring (bicyclic) bond motifs is 4. The van der Waals surface area contributed by atoms with Crippen molar-refractivity contribution in [2.45, 2.75) is 58.4 Å². The molecule has 0 fully saturated rings. The van der Waals surface area contributed by atoms with Gasteiger partial charge in [0.05, 0.1) is 5.39 Å². The van der Waals surface area contributed by atoms with Crippen molar-refractivity contribution < 1.29 is 0 Å². The molecule has 138 valence electrons. The van der Waals surface area contributed by atoms with Crippen molar-refractivity contribution in [3.63, 3.8) is 0 Å². The highest BCUT2D eigenvalue weighted by Crippen LogP contribution is 2.35. The first-order chi connectivity index (χ1) is 13.2. The molecule has 3 aromatic rings. The lowest BCUT2D eigenvalue weighted by Gasteiger charge is -2.13. The number of aryl methyl sites for hydroxylation is 3. The van der Waals surface area contributed by atoms with Gasteiger partial charge in [0.2, 0.25) is 0 Å². The summed E-state index contributed by atoms with van der Waals surface area (Å²) in [7, 11) is 0. The van der Waals surface area contributed by atoms with E-state index >= 15 is 0 Å². The molecule has 2 aliphatic rings. The molecule has 5 rings (SSSR count). The fraction of sp³-hybridized carbons (Fsp3) is 0.391. The molecule has 0 saturated carbocycles. The molecule has 1 aliphatic heterocycles. The summed E-state index contributed by atoms with van der Waals surface area (Å²) in [5.41, 5.74) is 5.13. The van der Waals surface area contributed by atoms with Crippen LogP contribution >= 0.6 is 11.3 Å². The maximum atomic E-state index is 13.4. The summed E-state index contributed by atoms with van der Waals surface area (Å²) in [6.07, 6.45) is 9.93. The number of aromatic nitrogens is 2. The molecule has 2 aromatic heterocycles. The van der Waals surface area contributed by atoms with E-state index in [4.69, 9.17) is 4.98 Å². The van der Waals surface area contributed by atoms with Gasteiger partial charge in [0.15, 0.2) is 0 Å². The van der Waals surface area contributed by atoms with E-state index in [0.717, 1.165) is 54.7 Å². The molecular formula is C23H24N2OS. The fourth-order valence-corrected chi connectivity index (χ4v) is 5.74. The molecular weight excluding hydrogens is 352 g/mol. The third-order valence-corrected chi connectivity index (χ3v) is 7.01. The van der Waals surface area contributed by atoms with Crippen LogP contribution in [0.1, 0.15) is 59.5 Å².